The number of carbonyl (C=O) groups excluding carboxylic acids is 2. The first-order chi connectivity index (χ1) is 25.2. The Morgan fingerprint density at radius 2 is 1.49 bits per heavy atom. The van der Waals surface area contributed by atoms with Crippen molar-refractivity contribution in [2.45, 2.75) is 89.7 Å². The van der Waals surface area contributed by atoms with Crippen LogP contribution in [0.2, 0.25) is 10.0 Å². The van der Waals surface area contributed by atoms with Crippen molar-refractivity contribution < 1.29 is 38.3 Å². The van der Waals surface area contributed by atoms with Crippen LogP contribution in [-0.2, 0) is 30.4 Å². The number of dihydropyridines is 1. The minimum Gasteiger partial charge on any atom is -0.478 e. The fourth-order valence-electron chi connectivity index (χ4n) is 7.48. The maximum atomic E-state index is 14.1. The normalized spacial score (nSPS) is 18.7. The number of allylic oxidation sites excluding steroid dienone is 1. The Morgan fingerprint density at radius 3 is 2.04 bits per heavy atom. The molecule has 2 heterocycles. The molecule has 284 valence electrons. The molecule has 2 fully saturated rings. The third-order valence-corrected chi connectivity index (χ3v) is 11.2. The van der Waals surface area contributed by atoms with Gasteiger partial charge in [0.05, 0.1) is 45.3 Å². The molecule has 3 N–H and O–H groups in total. The highest BCUT2D eigenvalue weighted by atomic mass is 35.5. The van der Waals surface area contributed by atoms with Crippen LogP contribution in [0, 0.1) is 5.92 Å². The third-order valence-electron chi connectivity index (χ3n) is 9.94. The molecular weight excluding hydrogens is 741 g/mol. The number of piperidine rings is 1. The predicted molar refractivity (Wildman–Crippen MR) is 204 cm³/mol. The highest BCUT2D eigenvalue weighted by Crippen LogP contribution is 2.45. The van der Waals surface area contributed by atoms with Gasteiger partial charge in [0.1, 0.15) is 5.60 Å². The van der Waals surface area contributed by atoms with Crippen molar-refractivity contribution in [1.29, 1.82) is 0 Å². The number of aliphatic carboxylic acids is 2. The van der Waals surface area contributed by atoms with Crippen LogP contribution in [0.4, 0.5) is 4.79 Å². The number of benzene rings is 2. The molecule has 5 rings (SSSR count). The van der Waals surface area contributed by atoms with Gasteiger partial charge in [-0.3, -0.25) is 4.79 Å². The number of hydrogen-bond acceptors (Lipinski definition) is 7. The molecule has 1 aliphatic carbocycles. The van der Waals surface area contributed by atoms with Crippen LogP contribution in [-0.4, -0.2) is 84.3 Å². The summed E-state index contributed by atoms with van der Waals surface area (Å²) in [6.45, 7) is 6.73. The van der Waals surface area contributed by atoms with Gasteiger partial charge in [0.25, 0.3) is 0 Å². The van der Waals surface area contributed by atoms with Gasteiger partial charge in [-0.15, -0.1) is 0 Å². The van der Waals surface area contributed by atoms with E-state index in [-0.39, 0.29) is 55.3 Å². The summed E-state index contributed by atoms with van der Waals surface area (Å²) in [6, 6.07) is 12.7. The first-order valence-electron chi connectivity index (χ1n) is 17.8. The van der Waals surface area contributed by atoms with Crippen molar-refractivity contribution in [3.05, 3.63) is 92.2 Å². The van der Waals surface area contributed by atoms with E-state index in [0.717, 1.165) is 25.7 Å². The lowest BCUT2D eigenvalue weighted by molar-refractivity contribution is -0.133. The average molecular weight is 787 g/mol. The lowest BCUT2D eigenvalue weighted by Crippen LogP contribution is -2.51. The van der Waals surface area contributed by atoms with Crippen LogP contribution >= 0.6 is 23.2 Å². The number of carboxylic acids is 2. The van der Waals surface area contributed by atoms with E-state index in [4.69, 9.17) is 27.9 Å². The van der Waals surface area contributed by atoms with E-state index in [9.17, 15) is 33.6 Å². The van der Waals surface area contributed by atoms with Gasteiger partial charge in [0, 0.05) is 47.0 Å². The van der Waals surface area contributed by atoms with Gasteiger partial charge in [0.15, 0.2) is 0 Å². The summed E-state index contributed by atoms with van der Waals surface area (Å²) < 4.78 is 18.5. The monoisotopic (exact) mass is 785 g/mol. The number of amides is 2. The second-order valence-corrected chi connectivity index (χ2v) is 16.1. The van der Waals surface area contributed by atoms with Gasteiger partial charge in [-0.25, -0.2) is 18.6 Å². The smallest absolute Gasteiger partial charge is 0.410 e. The summed E-state index contributed by atoms with van der Waals surface area (Å²) in [5.41, 5.74) is -1.34. The Bertz CT molecular complexity index is 1830. The van der Waals surface area contributed by atoms with Crippen molar-refractivity contribution in [2.24, 2.45) is 5.92 Å². The highest BCUT2D eigenvalue weighted by molar-refractivity contribution is 7.67. The first kappa shape index (κ1) is 40.1. The first-order valence-corrected chi connectivity index (χ1v) is 19.3. The fourth-order valence-corrected chi connectivity index (χ4v) is 8.57. The molecule has 0 bridgehead atoms. The number of hydrogen-bond donors (Lipinski definition) is 3. The number of rotatable bonds is 10. The summed E-state index contributed by atoms with van der Waals surface area (Å²) in [5, 5.41) is 24.2. The number of nitrogens with one attached hydrogen (secondary N) is 1. The Balaban J connectivity index is 1.47. The van der Waals surface area contributed by atoms with Crippen LogP contribution in [0.3, 0.4) is 0 Å². The zero-order valence-electron chi connectivity index (χ0n) is 30.0. The molecule has 2 aromatic carbocycles. The molecule has 0 spiro atoms. The second kappa shape index (κ2) is 17.3. The van der Waals surface area contributed by atoms with Crippen molar-refractivity contribution >= 4 is 63.3 Å². The van der Waals surface area contributed by atoms with Gasteiger partial charge in [-0.05, 0) is 70.1 Å². The van der Waals surface area contributed by atoms with Gasteiger partial charge in [-0.1, -0.05) is 78.9 Å². The molecular formula is C39H45Cl2N3O8S. The number of carbonyl (C=O) groups is 4. The SMILES string of the molecule is CC(C)(C)OC(=O)N(CC1CCCCC1)C1CCN(C(=O)CC2=C(C(=O)O)C(c3c(Cl)cccc3Cl)C(C(=O)O)=C(C(=S=O)c3ccccc3)N2)CC1. The number of carboxylic acid groups (broad SMARTS) is 2. The minimum absolute atomic E-state index is 0.00780. The predicted octanol–water partition coefficient (Wildman–Crippen LogP) is 6.99. The maximum Gasteiger partial charge on any atom is 0.410 e. The van der Waals surface area contributed by atoms with Gasteiger partial charge in [0.2, 0.25) is 5.91 Å². The lowest BCUT2D eigenvalue weighted by atomic mass is 9.78. The molecule has 1 saturated heterocycles. The number of ether oxygens (including phenoxy) is 1. The molecule has 2 aliphatic heterocycles. The molecule has 2 aromatic rings. The molecule has 3 aliphatic rings. The molecule has 0 radical (unpaired) electrons. The number of halogens is 2. The molecule has 2 amide bonds. The molecule has 1 unspecified atom stereocenters. The summed E-state index contributed by atoms with van der Waals surface area (Å²) in [5.74, 6) is -4.53. The second-order valence-electron chi connectivity index (χ2n) is 14.7. The fraction of sp³-hybridized carbons (Fsp3) is 0.462. The van der Waals surface area contributed by atoms with Crippen molar-refractivity contribution in [2.75, 3.05) is 19.6 Å². The van der Waals surface area contributed by atoms with Gasteiger partial charge < -0.3 is 30.1 Å². The highest BCUT2D eigenvalue weighted by Gasteiger charge is 2.43. The summed E-state index contributed by atoms with van der Waals surface area (Å²) in [7, 11) is 0. The largest absolute Gasteiger partial charge is 0.478 e. The molecule has 53 heavy (non-hydrogen) atoms. The Morgan fingerprint density at radius 1 is 0.887 bits per heavy atom. The van der Waals surface area contributed by atoms with Crippen LogP contribution in [0.15, 0.2) is 71.1 Å². The molecule has 14 heteroatoms. The zero-order chi connectivity index (χ0) is 38.4. The van der Waals surface area contributed by atoms with E-state index in [1.54, 1.807) is 41.3 Å². The topological polar surface area (TPSA) is 154 Å². The molecule has 1 saturated carbocycles. The van der Waals surface area contributed by atoms with E-state index in [2.05, 4.69) is 5.32 Å². The van der Waals surface area contributed by atoms with Crippen LogP contribution in [0.1, 0.15) is 89.2 Å². The van der Waals surface area contributed by atoms with Gasteiger partial charge >= 0.3 is 18.0 Å². The Hall–Kier alpha value is -4.13. The van der Waals surface area contributed by atoms with Crippen molar-refractivity contribution in [3.63, 3.8) is 0 Å². The van der Waals surface area contributed by atoms with Crippen LogP contribution in [0.5, 0.6) is 0 Å². The maximum absolute atomic E-state index is 14.1. The third kappa shape index (κ3) is 9.52. The van der Waals surface area contributed by atoms with E-state index in [1.165, 1.54) is 18.6 Å². The van der Waals surface area contributed by atoms with E-state index < -0.39 is 46.9 Å². The lowest BCUT2D eigenvalue weighted by Gasteiger charge is -2.41. The number of nitrogens with zero attached hydrogens (tertiary/aromatic N) is 2. The summed E-state index contributed by atoms with van der Waals surface area (Å²) in [6.07, 6.45) is 5.77. The van der Waals surface area contributed by atoms with E-state index >= 15 is 0 Å². The average Bonchev–Trinajstić information content (AvgIpc) is 3.10. The minimum atomic E-state index is -1.54. The van der Waals surface area contributed by atoms with Crippen molar-refractivity contribution in [1.82, 2.24) is 15.1 Å². The standard InChI is InChI=1S/C39H45Cl2N3O8S/c1-39(2,3)52-38(50)44(22-23-11-6-4-7-12-23)25-17-19-43(20-18-25)29(45)21-28-31(36(46)47)32(30-26(40)15-10-16-27(30)41)33(37(48)49)34(42-28)35(53-51)24-13-8-5-9-14-24/h5,8-10,13-16,23,25,32,42H,4,6-7,11-12,17-22H2,1-3H3,(H,46,47)(H,48,49). The van der Waals surface area contributed by atoms with E-state index in [0.29, 0.717) is 44.0 Å². The van der Waals surface area contributed by atoms with Gasteiger partial charge in [-0.2, -0.15) is 0 Å². The molecule has 0 aromatic heterocycles. The van der Waals surface area contributed by atoms with Crippen LogP contribution < -0.4 is 5.32 Å². The number of likely N-dealkylation sites (tertiary alicyclic amines) is 1. The molecule has 11 nitrogen and oxygen atoms in total. The Kier molecular flexibility index (Phi) is 13.1. The van der Waals surface area contributed by atoms with Crippen LogP contribution in [0.25, 0.3) is 0 Å². The van der Waals surface area contributed by atoms with Crippen molar-refractivity contribution in [3.8, 4) is 0 Å². The Labute approximate surface area is 323 Å². The van der Waals surface area contributed by atoms with E-state index in [1.807, 2.05) is 25.7 Å². The summed E-state index contributed by atoms with van der Waals surface area (Å²) >= 11 is 13.2. The summed E-state index contributed by atoms with van der Waals surface area (Å²) in [4.78, 5) is 57.1. The molecule has 1 atom stereocenters. The zero-order valence-corrected chi connectivity index (χ0v) is 32.4. The quantitative estimate of drug-likeness (QED) is 0.171.